The fraction of sp³-hybridized carbons (Fsp3) is 0.538. The summed E-state index contributed by atoms with van der Waals surface area (Å²) in [7, 11) is 1.85. The summed E-state index contributed by atoms with van der Waals surface area (Å²) in [5.74, 6) is 0.685. The van der Waals surface area contributed by atoms with Gasteiger partial charge in [0.1, 0.15) is 5.82 Å². The van der Waals surface area contributed by atoms with E-state index in [9.17, 15) is 4.79 Å². The van der Waals surface area contributed by atoms with Crippen LogP contribution in [-0.2, 0) is 11.3 Å². The van der Waals surface area contributed by atoms with Crippen molar-refractivity contribution in [1.29, 1.82) is 0 Å². The highest BCUT2D eigenvalue weighted by molar-refractivity contribution is 5.86. The summed E-state index contributed by atoms with van der Waals surface area (Å²) in [6, 6.07) is 3.75. The molecule has 1 aliphatic heterocycles. The van der Waals surface area contributed by atoms with Gasteiger partial charge < -0.3 is 10.6 Å². The molecule has 2 N–H and O–H groups in total. The second-order valence-corrected chi connectivity index (χ2v) is 5.30. The van der Waals surface area contributed by atoms with E-state index in [1.807, 2.05) is 27.0 Å². The molecule has 2 heterocycles. The molecule has 1 aliphatic rings. The molecule has 0 unspecified atom stereocenters. The van der Waals surface area contributed by atoms with Gasteiger partial charge >= 0.3 is 0 Å². The number of amides is 1. The maximum atomic E-state index is 12.2. The number of piperazine rings is 1. The summed E-state index contributed by atoms with van der Waals surface area (Å²) >= 11 is 0. The Balaban J connectivity index is 2.14. The lowest BCUT2D eigenvalue weighted by molar-refractivity contribution is -0.147. The highest BCUT2D eigenvalue weighted by Crippen LogP contribution is 2.23. The number of nitrogen functional groups attached to an aromatic ring is 1. The predicted molar refractivity (Wildman–Crippen MR) is 70.8 cm³/mol. The summed E-state index contributed by atoms with van der Waals surface area (Å²) in [5, 5.41) is 0. The van der Waals surface area contributed by atoms with Crippen molar-refractivity contribution in [3.8, 4) is 0 Å². The van der Waals surface area contributed by atoms with Crippen LogP contribution in [0, 0.1) is 0 Å². The van der Waals surface area contributed by atoms with Crippen LogP contribution in [0.2, 0.25) is 0 Å². The quantitative estimate of drug-likeness (QED) is 0.837. The van der Waals surface area contributed by atoms with Crippen molar-refractivity contribution >= 4 is 11.7 Å². The molecule has 0 bridgehead atoms. The summed E-state index contributed by atoms with van der Waals surface area (Å²) in [6.45, 7) is 6.30. The number of aromatic nitrogens is 1. The van der Waals surface area contributed by atoms with Crippen molar-refractivity contribution in [3.63, 3.8) is 0 Å². The molecule has 0 atom stereocenters. The number of rotatable bonds is 2. The molecule has 1 aromatic heterocycles. The van der Waals surface area contributed by atoms with Crippen LogP contribution < -0.4 is 5.73 Å². The molecular formula is C13H20N4O. The minimum Gasteiger partial charge on any atom is -0.384 e. The third-order valence-corrected chi connectivity index (χ3v) is 3.59. The van der Waals surface area contributed by atoms with Gasteiger partial charge in [-0.05, 0) is 25.5 Å². The Morgan fingerprint density at radius 2 is 2.11 bits per heavy atom. The van der Waals surface area contributed by atoms with Gasteiger partial charge in [-0.15, -0.1) is 0 Å². The molecule has 0 saturated carbocycles. The molecule has 1 fully saturated rings. The van der Waals surface area contributed by atoms with Crippen molar-refractivity contribution in [2.45, 2.75) is 25.9 Å². The average molecular weight is 248 g/mol. The molecule has 1 saturated heterocycles. The lowest BCUT2D eigenvalue weighted by Crippen LogP contribution is -2.61. The van der Waals surface area contributed by atoms with E-state index in [0.29, 0.717) is 5.82 Å². The third-order valence-electron chi connectivity index (χ3n) is 3.59. The van der Waals surface area contributed by atoms with Crippen molar-refractivity contribution in [2.75, 3.05) is 25.9 Å². The van der Waals surface area contributed by atoms with Gasteiger partial charge in [0.2, 0.25) is 5.91 Å². The van der Waals surface area contributed by atoms with Gasteiger partial charge in [0, 0.05) is 32.9 Å². The number of carbonyl (C=O) groups excluding carboxylic acids is 1. The largest absolute Gasteiger partial charge is 0.384 e. The zero-order valence-corrected chi connectivity index (χ0v) is 11.2. The number of likely N-dealkylation sites (N-methyl/N-ethyl adjacent to an activating group) is 1. The molecule has 5 nitrogen and oxygen atoms in total. The zero-order chi connectivity index (χ0) is 13.3. The number of nitrogens with two attached hydrogens (primary N) is 1. The molecule has 0 aromatic carbocycles. The fourth-order valence-corrected chi connectivity index (χ4v) is 2.28. The van der Waals surface area contributed by atoms with E-state index >= 15 is 0 Å². The van der Waals surface area contributed by atoms with Gasteiger partial charge in [0.05, 0.1) is 5.54 Å². The maximum Gasteiger partial charge on any atom is 0.242 e. The van der Waals surface area contributed by atoms with Gasteiger partial charge in [-0.1, -0.05) is 6.07 Å². The van der Waals surface area contributed by atoms with Gasteiger partial charge in [0.25, 0.3) is 0 Å². The number of anilines is 1. The number of hydrogen-bond acceptors (Lipinski definition) is 4. The summed E-state index contributed by atoms with van der Waals surface area (Å²) < 4.78 is 0. The topological polar surface area (TPSA) is 62.5 Å². The third kappa shape index (κ3) is 2.31. The molecule has 18 heavy (non-hydrogen) atoms. The van der Waals surface area contributed by atoms with Crippen molar-refractivity contribution in [3.05, 3.63) is 23.9 Å². The normalized spacial score (nSPS) is 20.2. The highest BCUT2D eigenvalue weighted by Gasteiger charge is 2.40. The van der Waals surface area contributed by atoms with E-state index in [1.54, 1.807) is 17.2 Å². The Morgan fingerprint density at radius 3 is 2.72 bits per heavy atom. The number of hydrogen-bond donors (Lipinski definition) is 1. The number of nitrogens with zero attached hydrogens (tertiary/aromatic N) is 3. The molecule has 98 valence electrons. The minimum absolute atomic E-state index is 0.164. The van der Waals surface area contributed by atoms with Crippen LogP contribution in [-0.4, -0.2) is 46.4 Å². The second kappa shape index (κ2) is 4.57. The van der Waals surface area contributed by atoms with Gasteiger partial charge in [0.15, 0.2) is 0 Å². The molecule has 0 radical (unpaired) electrons. The van der Waals surface area contributed by atoms with Crippen LogP contribution in [0.4, 0.5) is 5.82 Å². The average Bonchev–Trinajstić information content (AvgIpc) is 2.33. The Hall–Kier alpha value is -1.62. The second-order valence-electron chi connectivity index (χ2n) is 5.30. The number of pyridine rings is 1. The van der Waals surface area contributed by atoms with Crippen molar-refractivity contribution in [2.24, 2.45) is 0 Å². The van der Waals surface area contributed by atoms with E-state index in [1.165, 1.54) is 0 Å². The summed E-state index contributed by atoms with van der Waals surface area (Å²) in [6.07, 6.45) is 1.77. The molecule has 1 amide bonds. The van der Waals surface area contributed by atoms with Crippen LogP contribution in [0.25, 0.3) is 0 Å². The van der Waals surface area contributed by atoms with Crippen LogP contribution in [0.15, 0.2) is 18.3 Å². The van der Waals surface area contributed by atoms with Crippen molar-refractivity contribution < 1.29 is 4.79 Å². The van der Waals surface area contributed by atoms with E-state index in [2.05, 4.69) is 9.88 Å². The molecule has 2 rings (SSSR count). The molecule has 0 spiro atoms. The zero-order valence-electron chi connectivity index (χ0n) is 11.2. The highest BCUT2D eigenvalue weighted by atomic mass is 16.2. The first-order valence-corrected chi connectivity index (χ1v) is 6.12. The van der Waals surface area contributed by atoms with E-state index in [0.717, 1.165) is 25.2 Å². The monoisotopic (exact) mass is 248 g/mol. The lowest BCUT2D eigenvalue weighted by atomic mass is 9.97. The molecular weight excluding hydrogens is 228 g/mol. The lowest BCUT2D eigenvalue weighted by Gasteiger charge is -2.44. The first kappa shape index (κ1) is 12.8. The van der Waals surface area contributed by atoms with E-state index < -0.39 is 5.54 Å². The Labute approximate surface area is 108 Å². The molecule has 0 aliphatic carbocycles. The molecule has 5 heteroatoms. The maximum absolute atomic E-state index is 12.2. The Kier molecular flexibility index (Phi) is 3.26. The van der Waals surface area contributed by atoms with Crippen LogP contribution in [0.5, 0.6) is 0 Å². The minimum atomic E-state index is -0.464. The van der Waals surface area contributed by atoms with E-state index in [-0.39, 0.29) is 5.91 Å². The Bertz CT molecular complexity index is 441. The SMILES string of the molecule is CN1CCN(Cc2ccc(N)nc2)C(C)(C)C1=O. The van der Waals surface area contributed by atoms with E-state index in [4.69, 9.17) is 5.73 Å². The molecule has 1 aromatic rings. The first-order chi connectivity index (χ1) is 8.41. The van der Waals surface area contributed by atoms with Crippen LogP contribution in [0.3, 0.4) is 0 Å². The van der Waals surface area contributed by atoms with Crippen molar-refractivity contribution in [1.82, 2.24) is 14.8 Å². The van der Waals surface area contributed by atoms with Gasteiger partial charge in [-0.25, -0.2) is 4.98 Å². The van der Waals surface area contributed by atoms with Crippen LogP contribution >= 0.6 is 0 Å². The van der Waals surface area contributed by atoms with Crippen LogP contribution in [0.1, 0.15) is 19.4 Å². The number of carbonyl (C=O) groups is 1. The smallest absolute Gasteiger partial charge is 0.242 e. The summed E-state index contributed by atoms with van der Waals surface area (Å²) in [5.41, 5.74) is 6.18. The predicted octanol–water partition coefficient (Wildman–Crippen LogP) is 0.716. The fourth-order valence-electron chi connectivity index (χ4n) is 2.28. The Morgan fingerprint density at radius 1 is 1.39 bits per heavy atom. The standard InChI is InChI=1S/C13H20N4O/c1-13(2)12(18)16(3)6-7-17(13)9-10-4-5-11(14)15-8-10/h4-5,8H,6-7,9H2,1-3H3,(H2,14,15). The first-order valence-electron chi connectivity index (χ1n) is 6.12. The van der Waals surface area contributed by atoms with Gasteiger partial charge in [-0.2, -0.15) is 0 Å². The van der Waals surface area contributed by atoms with Gasteiger partial charge in [-0.3, -0.25) is 9.69 Å². The summed E-state index contributed by atoms with van der Waals surface area (Å²) in [4.78, 5) is 20.2.